The molecular weight excluding hydrogens is 431 g/mol. The third-order valence-electron chi connectivity index (χ3n) is 3.69. The van der Waals surface area contributed by atoms with Crippen LogP contribution in [0.15, 0.2) is 53.8 Å². The van der Waals surface area contributed by atoms with Gasteiger partial charge in [-0.25, -0.2) is 13.4 Å². The maximum Gasteiger partial charge on any atom is 0.289 e. The van der Waals surface area contributed by atoms with E-state index in [2.05, 4.69) is 9.71 Å². The largest absolute Gasteiger partial charge is 0.494 e. The summed E-state index contributed by atoms with van der Waals surface area (Å²) in [7, 11) is -2.76. The Labute approximate surface area is 169 Å². The highest BCUT2D eigenvalue weighted by Crippen LogP contribution is 2.33. The van der Waals surface area contributed by atoms with Crippen molar-refractivity contribution in [3.8, 4) is 11.4 Å². The quantitative estimate of drug-likeness (QED) is 0.456. The molecule has 1 aromatic heterocycles. The second-order valence-electron chi connectivity index (χ2n) is 5.44. The lowest BCUT2D eigenvalue weighted by atomic mass is 10.2. The summed E-state index contributed by atoms with van der Waals surface area (Å²) < 4.78 is 34.6. The van der Waals surface area contributed by atoms with E-state index >= 15 is 0 Å². The van der Waals surface area contributed by atoms with Gasteiger partial charge in [-0.1, -0.05) is 29.3 Å². The summed E-state index contributed by atoms with van der Waals surface area (Å²) in [4.78, 5) is 13.7. The fourth-order valence-electron chi connectivity index (χ4n) is 2.44. The Morgan fingerprint density at radius 3 is 2.61 bits per heavy atom. The third kappa shape index (κ3) is 3.88. The van der Waals surface area contributed by atoms with E-state index in [4.69, 9.17) is 27.9 Å². The number of nitro benzene ring substituents is 1. The number of methoxy groups -OCH3 is 1. The molecule has 0 atom stereocenters. The van der Waals surface area contributed by atoms with E-state index in [1.165, 1.54) is 37.7 Å². The molecule has 2 aromatic carbocycles. The number of hydrogen-bond acceptors (Lipinski definition) is 6. The number of hydrogen-bond donors (Lipinski definition) is 1. The van der Waals surface area contributed by atoms with E-state index in [0.717, 1.165) is 6.07 Å². The number of nitrogens with one attached hydrogen (secondary N) is 1. The first-order chi connectivity index (χ1) is 13.2. The van der Waals surface area contributed by atoms with Crippen LogP contribution in [0.2, 0.25) is 10.2 Å². The van der Waals surface area contributed by atoms with E-state index in [-0.39, 0.29) is 10.8 Å². The Balaban J connectivity index is 1.97. The predicted molar refractivity (Wildman–Crippen MR) is 104 cm³/mol. The van der Waals surface area contributed by atoms with Crippen LogP contribution in [0.25, 0.3) is 5.69 Å². The van der Waals surface area contributed by atoms with Crippen LogP contribution < -0.4 is 9.46 Å². The van der Waals surface area contributed by atoms with Crippen LogP contribution in [0.5, 0.6) is 5.75 Å². The van der Waals surface area contributed by atoms with Crippen LogP contribution in [0.3, 0.4) is 0 Å². The van der Waals surface area contributed by atoms with E-state index < -0.39 is 30.6 Å². The van der Waals surface area contributed by atoms with Crippen molar-refractivity contribution in [2.45, 2.75) is 4.90 Å². The number of nitro groups is 1. The van der Waals surface area contributed by atoms with Gasteiger partial charge in [-0.3, -0.25) is 14.8 Å². The van der Waals surface area contributed by atoms with Crippen molar-refractivity contribution in [1.29, 1.82) is 0 Å². The van der Waals surface area contributed by atoms with Gasteiger partial charge in [-0.2, -0.15) is 0 Å². The Kier molecular flexibility index (Phi) is 5.45. The summed E-state index contributed by atoms with van der Waals surface area (Å²) in [5, 5.41) is 10.8. The molecule has 0 saturated heterocycles. The number of sulfonamides is 1. The highest BCUT2D eigenvalue weighted by atomic mass is 35.5. The van der Waals surface area contributed by atoms with Gasteiger partial charge in [0.2, 0.25) is 0 Å². The molecule has 9 nitrogen and oxygen atoms in total. The molecule has 0 fully saturated rings. The number of halogens is 2. The summed E-state index contributed by atoms with van der Waals surface area (Å²) in [6, 6.07) is 8.08. The van der Waals surface area contributed by atoms with E-state index in [1.807, 2.05) is 0 Å². The molecule has 0 spiro atoms. The topological polar surface area (TPSA) is 116 Å². The zero-order valence-electron chi connectivity index (χ0n) is 14.2. The minimum Gasteiger partial charge on any atom is -0.494 e. The monoisotopic (exact) mass is 442 g/mol. The van der Waals surface area contributed by atoms with E-state index in [1.54, 1.807) is 16.8 Å². The highest BCUT2D eigenvalue weighted by Gasteiger charge is 2.25. The molecule has 12 heteroatoms. The van der Waals surface area contributed by atoms with Gasteiger partial charge < -0.3 is 9.30 Å². The maximum absolute atomic E-state index is 12.7. The number of aromatic nitrogens is 2. The lowest BCUT2D eigenvalue weighted by Gasteiger charge is -2.13. The maximum atomic E-state index is 12.7. The standard InChI is InChI=1S/C16H12Cl2N4O5S/c1-27-13-7-10(5-6-11(13)21-8-15(17)19-9-21)20-28(25,26)14-4-2-3-12(16(14)18)22(23)24/h2-9,20H,1H3. The first kappa shape index (κ1) is 19.9. The van der Waals surface area contributed by atoms with Gasteiger partial charge >= 0.3 is 0 Å². The molecule has 1 heterocycles. The fourth-order valence-corrected chi connectivity index (χ4v) is 4.24. The number of rotatable bonds is 6. The van der Waals surface area contributed by atoms with Crippen LogP contribution in [0.4, 0.5) is 11.4 Å². The SMILES string of the molecule is COc1cc(NS(=O)(=O)c2cccc([N+](=O)[O-])c2Cl)ccc1-n1cnc(Cl)c1. The first-order valence-electron chi connectivity index (χ1n) is 7.56. The number of nitrogens with zero attached hydrogens (tertiary/aromatic N) is 3. The zero-order chi connectivity index (χ0) is 20.5. The molecule has 0 aliphatic carbocycles. The molecule has 28 heavy (non-hydrogen) atoms. The first-order valence-corrected chi connectivity index (χ1v) is 9.80. The highest BCUT2D eigenvalue weighted by molar-refractivity contribution is 7.92. The lowest BCUT2D eigenvalue weighted by molar-refractivity contribution is -0.384. The lowest BCUT2D eigenvalue weighted by Crippen LogP contribution is -2.14. The molecule has 3 aromatic rings. The second kappa shape index (κ2) is 7.66. The molecule has 0 radical (unpaired) electrons. The van der Waals surface area contributed by atoms with Crippen molar-refractivity contribution in [3.05, 3.63) is 69.2 Å². The molecule has 0 amide bonds. The molecule has 0 unspecified atom stereocenters. The van der Waals surface area contributed by atoms with Crippen LogP contribution in [0.1, 0.15) is 0 Å². The van der Waals surface area contributed by atoms with Crippen LogP contribution >= 0.6 is 23.2 Å². The van der Waals surface area contributed by atoms with E-state index in [0.29, 0.717) is 11.4 Å². The van der Waals surface area contributed by atoms with Crippen molar-refractivity contribution in [2.24, 2.45) is 0 Å². The van der Waals surface area contributed by atoms with Crippen molar-refractivity contribution in [1.82, 2.24) is 9.55 Å². The predicted octanol–water partition coefficient (Wildman–Crippen LogP) is 3.90. The molecule has 1 N–H and O–H groups in total. The molecule has 0 bridgehead atoms. The van der Waals surface area contributed by atoms with Gasteiger partial charge in [0.05, 0.1) is 23.4 Å². The molecule has 0 saturated carbocycles. The summed E-state index contributed by atoms with van der Waals surface area (Å²) in [5.74, 6) is 0.347. The summed E-state index contributed by atoms with van der Waals surface area (Å²) in [6.45, 7) is 0. The Hall–Kier alpha value is -2.82. The van der Waals surface area contributed by atoms with E-state index in [9.17, 15) is 18.5 Å². The minimum atomic E-state index is -4.18. The number of anilines is 1. The smallest absolute Gasteiger partial charge is 0.289 e. The van der Waals surface area contributed by atoms with Crippen molar-refractivity contribution in [2.75, 3.05) is 11.8 Å². The minimum absolute atomic E-state index is 0.175. The fraction of sp³-hybridized carbons (Fsp3) is 0.0625. The average Bonchev–Trinajstić information content (AvgIpc) is 3.07. The number of imidazole rings is 1. The second-order valence-corrected chi connectivity index (χ2v) is 7.86. The molecule has 0 aliphatic rings. The molecule has 146 valence electrons. The third-order valence-corrected chi connectivity index (χ3v) is 5.82. The number of benzene rings is 2. The number of ether oxygens (including phenoxy) is 1. The molecule has 0 aliphatic heterocycles. The molecule has 3 rings (SSSR count). The average molecular weight is 443 g/mol. The van der Waals surface area contributed by atoms with Gasteiger partial charge in [0, 0.05) is 18.3 Å². The van der Waals surface area contributed by atoms with Crippen LogP contribution in [-0.2, 0) is 10.0 Å². The van der Waals surface area contributed by atoms with Crippen molar-refractivity contribution in [3.63, 3.8) is 0 Å². The van der Waals surface area contributed by atoms with Gasteiger partial charge in [-0.05, 0) is 18.2 Å². The van der Waals surface area contributed by atoms with Gasteiger partial charge in [0.15, 0.2) is 0 Å². The Bertz CT molecular complexity index is 1160. The summed E-state index contributed by atoms with van der Waals surface area (Å²) >= 11 is 11.7. The van der Waals surface area contributed by atoms with Gasteiger partial charge in [0.25, 0.3) is 15.7 Å². The summed E-state index contributed by atoms with van der Waals surface area (Å²) in [5.41, 5.74) is 0.252. The van der Waals surface area contributed by atoms with Crippen LogP contribution in [0, 0.1) is 10.1 Å². The normalized spacial score (nSPS) is 11.2. The van der Waals surface area contributed by atoms with Crippen molar-refractivity contribution < 1.29 is 18.1 Å². The zero-order valence-corrected chi connectivity index (χ0v) is 16.5. The van der Waals surface area contributed by atoms with Gasteiger partial charge in [-0.15, -0.1) is 0 Å². The van der Waals surface area contributed by atoms with Crippen LogP contribution in [-0.4, -0.2) is 30.0 Å². The Morgan fingerprint density at radius 2 is 2.00 bits per heavy atom. The van der Waals surface area contributed by atoms with Crippen molar-refractivity contribution >= 4 is 44.6 Å². The summed E-state index contributed by atoms with van der Waals surface area (Å²) in [6.07, 6.45) is 3.04. The Morgan fingerprint density at radius 1 is 1.25 bits per heavy atom. The van der Waals surface area contributed by atoms with Gasteiger partial charge in [0.1, 0.15) is 27.1 Å². The molecular formula is C16H12Cl2N4O5S.